The molecule has 2 aromatic rings. The first kappa shape index (κ1) is 9.45. The summed E-state index contributed by atoms with van der Waals surface area (Å²) in [7, 11) is 1.79. The van der Waals surface area contributed by atoms with Crippen molar-refractivity contribution in [3.8, 4) is 5.82 Å². The van der Waals surface area contributed by atoms with Gasteiger partial charge in [0.1, 0.15) is 0 Å². The Kier molecular flexibility index (Phi) is 2.03. The minimum absolute atomic E-state index is 0.0562. The van der Waals surface area contributed by atoms with Gasteiger partial charge in [0.15, 0.2) is 11.5 Å². The maximum Gasteiger partial charge on any atom is 0.356 e. The molecule has 78 valence electrons. The molecular weight excluding hydrogens is 196 g/mol. The Labute approximate surface area is 85.8 Å². The molecule has 15 heavy (non-hydrogen) atoms. The van der Waals surface area contributed by atoms with Crippen molar-refractivity contribution in [2.24, 2.45) is 7.05 Å². The lowest BCUT2D eigenvalue weighted by atomic mass is 10.3. The van der Waals surface area contributed by atoms with Crippen LogP contribution in [0, 0.1) is 6.92 Å². The fourth-order valence-electron chi connectivity index (χ4n) is 1.31. The van der Waals surface area contributed by atoms with Crippen LogP contribution in [0.15, 0.2) is 18.5 Å². The summed E-state index contributed by atoms with van der Waals surface area (Å²) in [6, 6.07) is 1.76. The Bertz CT molecular complexity index is 512. The molecule has 0 bridgehead atoms. The molecule has 0 fully saturated rings. The average molecular weight is 206 g/mol. The van der Waals surface area contributed by atoms with E-state index in [9.17, 15) is 4.79 Å². The summed E-state index contributed by atoms with van der Waals surface area (Å²) in [5.41, 5.74) is 0.675. The summed E-state index contributed by atoms with van der Waals surface area (Å²) in [6.45, 7) is 1.70. The quantitative estimate of drug-likeness (QED) is 0.781. The van der Waals surface area contributed by atoms with Crippen LogP contribution in [-0.4, -0.2) is 30.6 Å². The summed E-state index contributed by atoms with van der Waals surface area (Å²) >= 11 is 0. The van der Waals surface area contributed by atoms with Crippen molar-refractivity contribution in [1.82, 2.24) is 19.6 Å². The highest BCUT2D eigenvalue weighted by molar-refractivity contribution is 5.86. The zero-order chi connectivity index (χ0) is 11.0. The predicted octanol–water partition coefficient (Wildman–Crippen LogP) is 0.612. The number of carbonyl (C=O) groups is 1. The second kappa shape index (κ2) is 3.23. The number of aromatic nitrogens is 4. The largest absolute Gasteiger partial charge is 0.476 e. The van der Waals surface area contributed by atoms with E-state index < -0.39 is 5.97 Å². The van der Waals surface area contributed by atoms with E-state index in [4.69, 9.17) is 5.11 Å². The summed E-state index contributed by atoms with van der Waals surface area (Å²) in [5, 5.41) is 16.9. The van der Waals surface area contributed by atoms with Crippen LogP contribution in [0.4, 0.5) is 0 Å². The Hall–Kier alpha value is -2.11. The van der Waals surface area contributed by atoms with E-state index in [1.807, 2.05) is 0 Å². The van der Waals surface area contributed by atoms with Crippen LogP contribution in [0.5, 0.6) is 0 Å². The molecule has 1 N–H and O–H groups in total. The smallest absolute Gasteiger partial charge is 0.356 e. The standard InChI is InChI=1S/C9H10N4O2/c1-6-5-13(11-8(6)9(14)15)7-3-4-12(2)10-7/h3-5H,1-2H3,(H,14,15). The zero-order valence-electron chi connectivity index (χ0n) is 8.38. The molecule has 0 aliphatic carbocycles. The van der Waals surface area contributed by atoms with Crippen LogP contribution < -0.4 is 0 Å². The third-order valence-corrected chi connectivity index (χ3v) is 2.03. The normalized spacial score (nSPS) is 10.5. The van der Waals surface area contributed by atoms with Gasteiger partial charge in [0.2, 0.25) is 0 Å². The third kappa shape index (κ3) is 1.61. The molecule has 6 heteroatoms. The van der Waals surface area contributed by atoms with Gasteiger partial charge >= 0.3 is 5.97 Å². The molecule has 6 nitrogen and oxygen atoms in total. The Balaban J connectivity index is 2.46. The fraction of sp³-hybridized carbons (Fsp3) is 0.222. The molecule has 2 heterocycles. The minimum Gasteiger partial charge on any atom is -0.476 e. The van der Waals surface area contributed by atoms with Gasteiger partial charge in [-0.3, -0.25) is 4.68 Å². The molecule has 0 unspecified atom stereocenters. The molecule has 0 spiro atoms. The summed E-state index contributed by atoms with van der Waals surface area (Å²) in [4.78, 5) is 10.8. The van der Waals surface area contributed by atoms with Crippen LogP contribution in [-0.2, 0) is 7.05 Å². The van der Waals surface area contributed by atoms with E-state index in [2.05, 4.69) is 10.2 Å². The summed E-state index contributed by atoms with van der Waals surface area (Å²) < 4.78 is 3.09. The second-order valence-corrected chi connectivity index (χ2v) is 3.26. The van der Waals surface area contributed by atoms with Gasteiger partial charge in [-0.2, -0.15) is 10.2 Å². The molecule has 0 radical (unpaired) electrons. The lowest BCUT2D eigenvalue weighted by Crippen LogP contribution is -2.02. The Morgan fingerprint density at radius 3 is 2.67 bits per heavy atom. The number of hydrogen-bond donors (Lipinski definition) is 1. The monoisotopic (exact) mass is 206 g/mol. The van der Waals surface area contributed by atoms with Gasteiger partial charge in [0.25, 0.3) is 0 Å². The molecule has 0 aromatic carbocycles. The number of carboxylic acid groups (broad SMARTS) is 1. The molecule has 0 aliphatic heterocycles. The summed E-state index contributed by atoms with van der Waals surface area (Å²) in [6.07, 6.45) is 3.42. The van der Waals surface area contributed by atoms with Gasteiger partial charge < -0.3 is 5.11 Å². The van der Waals surface area contributed by atoms with Crippen LogP contribution in [0.2, 0.25) is 0 Å². The first-order valence-corrected chi connectivity index (χ1v) is 4.37. The number of rotatable bonds is 2. The minimum atomic E-state index is -1.03. The maximum atomic E-state index is 10.8. The number of aryl methyl sites for hydroxylation is 2. The molecule has 2 aromatic heterocycles. The lowest BCUT2D eigenvalue weighted by molar-refractivity contribution is 0.0689. The van der Waals surface area contributed by atoms with Crippen molar-refractivity contribution < 1.29 is 9.90 Å². The highest BCUT2D eigenvalue weighted by Crippen LogP contribution is 2.09. The average Bonchev–Trinajstić information content (AvgIpc) is 2.71. The molecule has 0 aliphatic rings. The SMILES string of the molecule is Cc1cn(-c2ccn(C)n2)nc1C(=O)O. The number of carboxylic acids is 1. The molecule has 0 atom stereocenters. The van der Waals surface area contributed by atoms with Gasteiger partial charge in [0.05, 0.1) is 0 Å². The van der Waals surface area contributed by atoms with E-state index in [1.165, 1.54) is 4.68 Å². The predicted molar refractivity (Wildman–Crippen MR) is 52.0 cm³/mol. The van der Waals surface area contributed by atoms with Crippen molar-refractivity contribution in [1.29, 1.82) is 0 Å². The highest BCUT2D eigenvalue weighted by atomic mass is 16.4. The third-order valence-electron chi connectivity index (χ3n) is 2.03. The summed E-state index contributed by atoms with van der Waals surface area (Å²) in [5.74, 6) is -0.421. The molecule has 2 rings (SSSR count). The number of nitrogens with zero attached hydrogens (tertiary/aromatic N) is 4. The van der Waals surface area contributed by atoms with Crippen molar-refractivity contribution in [3.63, 3.8) is 0 Å². The highest BCUT2D eigenvalue weighted by Gasteiger charge is 2.13. The Morgan fingerprint density at radius 1 is 1.47 bits per heavy atom. The maximum absolute atomic E-state index is 10.8. The first-order chi connectivity index (χ1) is 7.08. The molecule has 0 saturated carbocycles. The van der Waals surface area contributed by atoms with Gasteiger partial charge in [-0.1, -0.05) is 0 Å². The van der Waals surface area contributed by atoms with Crippen LogP contribution in [0.3, 0.4) is 0 Å². The van der Waals surface area contributed by atoms with Crippen molar-refractivity contribution in [3.05, 3.63) is 29.7 Å². The van der Waals surface area contributed by atoms with Crippen LogP contribution in [0.1, 0.15) is 16.1 Å². The fourth-order valence-corrected chi connectivity index (χ4v) is 1.31. The van der Waals surface area contributed by atoms with Crippen molar-refractivity contribution in [2.75, 3.05) is 0 Å². The number of hydrogen-bond acceptors (Lipinski definition) is 3. The second-order valence-electron chi connectivity index (χ2n) is 3.26. The van der Waals surface area contributed by atoms with E-state index in [-0.39, 0.29) is 5.69 Å². The molecule has 0 amide bonds. The van der Waals surface area contributed by atoms with Crippen molar-refractivity contribution >= 4 is 5.97 Å². The van der Waals surface area contributed by atoms with Crippen LogP contribution >= 0.6 is 0 Å². The topological polar surface area (TPSA) is 72.9 Å². The van der Waals surface area contributed by atoms with Gasteiger partial charge in [-0.15, -0.1) is 0 Å². The van der Waals surface area contributed by atoms with E-state index in [1.54, 1.807) is 37.1 Å². The molecule has 0 saturated heterocycles. The van der Waals surface area contributed by atoms with Gasteiger partial charge in [-0.25, -0.2) is 9.48 Å². The van der Waals surface area contributed by atoms with Gasteiger partial charge in [-0.05, 0) is 6.92 Å². The van der Waals surface area contributed by atoms with E-state index in [0.29, 0.717) is 11.4 Å². The van der Waals surface area contributed by atoms with E-state index >= 15 is 0 Å². The van der Waals surface area contributed by atoms with Crippen LogP contribution in [0.25, 0.3) is 5.82 Å². The zero-order valence-corrected chi connectivity index (χ0v) is 8.38. The first-order valence-electron chi connectivity index (χ1n) is 4.37. The lowest BCUT2D eigenvalue weighted by Gasteiger charge is -1.93. The molecular formula is C9H10N4O2. The Morgan fingerprint density at radius 2 is 2.20 bits per heavy atom. The van der Waals surface area contributed by atoms with Gasteiger partial charge in [0, 0.05) is 31.1 Å². The van der Waals surface area contributed by atoms with E-state index in [0.717, 1.165) is 0 Å². The van der Waals surface area contributed by atoms with Crippen molar-refractivity contribution in [2.45, 2.75) is 6.92 Å². The number of aromatic carboxylic acids is 1.